The van der Waals surface area contributed by atoms with Gasteiger partial charge in [0.1, 0.15) is 0 Å². The van der Waals surface area contributed by atoms with Gasteiger partial charge in [0.25, 0.3) is 0 Å². The molecule has 2 rings (SSSR count). The Morgan fingerprint density at radius 2 is 2.14 bits per heavy atom. The first-order chi connectivity index (χ1) is 10.1. The third kappa shape index (κ3) is 3.89. The monoisotopic (exact) mass is 310 g/mol. The summed E-state index contributed by atoms with van der Waals surface area (Å²) in [6.45, 7) is 1.60. The molecule has 0 saturated heterocycles. The molecule has 0 radical (unpaired) electrons. The van der Waals surface area contributed by atoms with Crippen LogP contribution >= 0.6 is 11.8 Å². The summed E-state index contributed by atoms with van der Waals surface area (Å²) in [4.78, 5) is 10.6. The van der Waals surface area contributed by atoms with Gasteiger partial charge >= 0.3 is 5.69 Å². The molecular weight excluding hydrogens is 288 g/mol. The molecule has 1 N–H and O–H groups in total. The van der Waals surface area contributed by atoms with Gasteiger partial charge in [-0.3, -0.25) is 10.1 Å². The molecule has 1 fully saturated rings. The normalized spacial score (nSPS) is 16.9. The van der Waals surface area contributed by atoms with Crippen molar-refractivity contribution < 1.29 is 9.66 Å². The second-order valence-electron chi connectivity index (χ2n) is 5.46. The van der Waals surface area contributed by atoms with Crippen LogP contribution < -0.4 is 10.1 Å². The highest BCUT2D eigenvalue weighted by Gasteiger charge is 2.32. The maximum Gasteiger partial charge on any atom is 0.311 e. The Labute approximate surface area is 129 Å². The number of nitro benzene ring substituents is 1. The minimum atomic E-state index is -0.400. The fourth-order valence-electron chi connectivity index (χ4n) is 2.90. The van der Waals surface area contributed by atoms with Crippen LogP contribution in [0.25, 0.3) is 0 Å². The molecule has 5 nitrogen and oxygen atoms in total. The number of methoxy groups -OCH3 is 1. The van der Waals surface area contributed by atoms with Crippen molar-refractivity contribution in [2.45, 2.75) is 37.0 Å². The van der Waals surface area contributed by atoms with Gasteiger partial charge in [-0.15, -0.1) is 0 Å². The summed E-state index contributed by atoms with van der Waals surface area (Å²) < 4.78 is 5.36. The molecule has 0 amide bonds. The van der Waals surface area contributed by atoms with Crippen molar-refractivity contribution in [2.24, 2.45) is 0 Å². The molecule has 0 heterocycles. The minimum absolute atomic E-state index is 0.0252. The van der Waals surface area contributed by atoms with E-state index in [0.717, 1.165) is 12.1 Å². The average molecular weight is 310 g/mol. The number of nitrogens with zero attached hydrogens (tertiary/aromatic N) is 1. The van der Waals surface area contributed by atoms with Crippen molar-refractivity contribution >= 4 is 17.4 Å². The van der Waals surface area contributed by atoms with Crippen LogP contribution in [0.2, 0.25) is 0 Å². The lowest BCUT2D eigenvalue weighted by atomic mass is 10.1. The number of nitro groups is 1. The molecule has 1 aliphatic rings. The molecule has 0 aromatic heterocycles. The molecule has 0 aliphatic heterocycles. The number of benzene rings is 1. The highest BCUT2D eigenvalue weighted by Crippen LogP contribution is 2.39. The van der Waals surface area contributed by atoms with Crippen LogP contribution in [-0.4, -0.2) is 29.6 Å². The van der Waals surface area contributed by atoms with Crippen LogP contribution in [0.3, 0.4) is 0 Å². The van der Waals surface area contributed by atoms with E-state index in [0.29, 0.717) is 17.0 Å². The Bertz CT molecular complexity index is 502. The third-order valence-electron chi connectivity index (χ3n) is 4.16. The lowest BCUT2D eigenvalue weighted by Gasteiger charge is -2.27. The minimum Gasteiger partial charge on any atom is -0.490 e. The van der Waals surface area contributed by atoms with E-state index in [2.05, 4.69) is 11.6 Å². The van der Waals surface area contributed by atoms with Crippen molar-refractivity contribution in [1.82, 2.24) is 5.32 Å². The van der Waals surface area contributed by atoms with Crippen LogP contribution in [0, 0.1) is 10.1 Å². The van der Waals surface area contributed by atoms with E-state index in [1.54, 1.807) is 12.1 Å². The highest BCUT2D eigenvalue weighted by molar-refractivity contribution is 8.00. The van der Waals surface area contributed by atoms with Crippen LogP contribution in [0.15, 0.2) is 18.2 Å². The molecule has 116 valence electrons. The predicted molar refractivity (Wildman–Crippen MR) is 86.1 cm³/mol. The van der Waals surface area contributed by atoms with Crippen molar-refractivity contribution in [2.75, 3.05) is 19.9 Å². The number of thioether (sulfide) groups is 1. The van der Waals surface area contributed by atoms with Gasteiger partial charge in [-0.05, 0) is 30.7 Å². The lowest BCUT2D eigenvalue weighted by molar-refractivity contribution is -0.385. The van der Waals surface area contributed by atoms with Crippen molar-refractivity contribution in [1.29, 1.82) is 0 Å². The average Bonchev–Trinajstić information content (AvgIpc) is 2.96. The van der Waals surface area contributed by atoms with Crippen molar-refractivity contribution in [3.8, 4) is 5.75 Å². The SMILES string of the molecule is COc1ccc(CNCC2(SC)CCCC2)cc1[N+](=O)[O-]. The molecule has 0 unspecified atom stereocenters. The first-order valence-electron chi connectivity index (χ1n) is 7.17. The van der Waals surface area contributed by atoms with Crippen molar-refractivity contribution in [3.05, 3.63) is 33.9 Å². The maximum atomic E-state index is 11.0. The molecule has 1 saturated carbocycles. The molecule has 1 aliphatic carbocycles. The van der Waals surface area contributed by atoms with Gasteiger partial charge in [-0.1, -0.05) is 18.9 Å². The van der Waals surface area contributed by atoms with Gasteiger partial charge in [-0.25, -0.2) is 0 Å². The summed E-state index contributed by atoms with van der Waals surface area (Å²) in [6, 6.07) is 5.13. The van der Waals surface area contributed by atoms with E-state index in [9.17, 15) is 10.1 Å². The quantitative estimate of drug-likeness (QED) is 0.618. The smallest absolute Gasteiger partial charge is 0.311 e. The van der Waals surface area contributed by atoms with Gasteiger partial charge in [0.05, 0.1) is 12.0 Å². The summed E-state index contributed by atoms with van der Waals surface area (Å²) in [5.41, 5.74) is 0.939. The van der Waals surface area contributed by atoms with Gasteiger partial charge < -0.3 is 10.1 Å². The van der Waals surface area contributed by atoms with Gasteiger partial charge in [0, 0.05) is 23.9 Å². The zero-order chi connectivity index (χ0) is 15.3. The highest BCUT2D eigenvalue weighted by atomic mass is 32.2. The number of hydrogen-bond acceptors (Lipinski definition) is 5. The predicted octanol–water partition coefficient (Wildman–Crippen LogP) is 3.37. The van der Waals surface area contributed by atoms with Crippen LogP contribution in [0.1, 0.15) is 31.2 Å². The van der Waals surface area contributed by atoms with Crippen LogP contribution in [-0.2, 0) is 6.54 Å². The number of hydrogen-bond donors (Lipinski definition) is 1. The molecule has 1 aromatic carbocycles. The van der Waals surface area contributed by atoms with Gasteiger partial charge in [0.2, 0.25) is 0 Å². The van der Waals surface area contributed by atoms with E-state index in [1.165, 1.54) is 32.8 Å². The number of rotatable bonds is 7. The summed E-state index contributed by atoms with van der Waals surface area (Å²) in [7, 11) is 1.45. The van der Waals surface area contributed by atoms with Crippen LogP contribution in [0.5, 0.6) is 5.75 Å². The van der Waals surface area contributed by atoms with Gasteiger partial charge in [-0.2, -0.15) is 11.8 Å². The summed E-state index contributed by atoms with van der Waals surface area (Å²) in [6.07, 6.45) is 7.28. The second kappa shape index (κ2) is 7.13. The molecule has 0 spiro atoms. The molecule has 0 bridgehead atoms. The topological polar surface area (TPSA) is 64.4 Å². The molecule has 6 heteroatoms. The Balaban J connectivity index is 1.97. The fourth-order valence-corrected chi connectivity index (χ4v) is 3.84. The maximum absolute atomic E-state index is 11.0. The first-order valence-corrected chi connectivity index (χ1v) is 8.40. The molecule has 0 atom stereocenters. The first kappa shape index (κ1) is 16.1. The Morgan fingerprint density at radius 1 is 1.43 bits per heavy atom. The Kier molecular flexibility index (Phi) is 5.47. The second-order valence-corrected chi connectivity index (χ2v) is 6.74. The summed E-state index contributed by atoms with van der Waals surface area (Å²) >= 11 is 1.94. The zero-order valence-corrected chi connectivity index (χ0v) is 13.4. The largest absolute Gasteiger partial charge is 0.490 e. The molecule has 21 heavy (non-hydrogen) atoms. The Hall–Kier alpha value is -1.27. The third-order valence-corrected chi connectivity index (χ3v) is 5.58. The summed E-state index contributed by atoms with van der Waals surface area (Å²) in [5.74, 6) is 0.306. The fraction of sp³-hybridized carbons (Fsp3) is 0.600. The van der Waals surface area contributed by atoms with E-state index in [-0.39, 0.29) is 5.69 Å². The van der Waals surface area contributed by atoms with E-state index < -0.39 is 4.92 Å². The van der Waals surface area contributed by atoms with Crippen molar-refractivity contribution in [3.63, 3.8) is 0 Å². The van der Waals surface area contributed by atoms with E-state index in [1.807, 2.05) is 17.8 Å². The Morgan fingerprint density at radius 3 is 2.71 bits per heavy atom. The zero-order valence-electron chi connectivity index (χ0n) is 12.6. The standard InChI is InChI=1S/C15H22N2O3S/c1-20-14-6-5-12(9-13(14)17(18)19)10-16-11-15(21-2)7-3-4-8-15/h5-6,9,16H,3-4,7-8,10-11H2,1-2H3. The number of ether oxygens (including phenoxy) is 1. The van der Waals surface area contributed by atoms with Gasteiger partial charge in [0.15, 0.2) is 5.75 Å². The molecule has 1 aromatic rings. The lowest BCUT2D eigenvalue weighted by Crippen LogP contribution is -2.34. The van der Waals surface area contributed by atoms with E-state index in [4.69, 9.17) is 4.74 Å². The summed E-state index contributed by atoms with van der Waals surface area (Å²) in [5, 5.41) is 14.5. The molecular formula is C15H22N2O3S. The number of nitrogens with one attached hydrogen (secondary N) is 1. The van der Waals surface area contributed by atoms with E-state index >= 15 is 0 Å². The van der Waals surface area contributed by atoms with Crippen LogP contribution in [0.4, 0.5) is 5.69 Å².